The molecule has 0 radical (unpaired) electrons. The number of amides is 2. The third-order valence-corrected chi connectivity index (χ3v) is 4.62. The molecule has 1 aromatic rings. The van der Waals surface area contributed by atoms with Crippen LogP contribution in [0, 0.1) is 0 Å². The van der Waals surface area contributed by atoms with Crippen molar-refractivity contribution in [2.24, 2.45) is 0 Å². The summed E-state index contributed by atoms with van der Waals surface area (Å²) in [6.07, 6.45) is 5.11. The van der Waals surface area contributed by atoms with Gasteiger partial charge in [0.05, 0.1) is 21.2 Å². The van der Waals surface area contributed by atoms with E-state index in [-0.39, 0.29) is 17.9 Å². The minimum Gasteiger partial charge on any atom is -0.271 e. The van der Waals surface area contributed by atoms with Crippen molar-refractivity contribution in [2.45, 2.75) is 38.1 Å². The lowest BCUT2D eigenvalue weighted by atomic mass is 9.94. The first-order valence-corrected chi connectivity index (χ1v) is 7.22. The average Bonchev–Trinajstić information content (AvgIpc) is 2.64. The molecular weight excluding hydrogens is 285 g/mol. The Morgan fingerprint density at radius 2 is 1.37 bits per heavy atom. The molecule has 0 bridgehead atoms. The fourth-order valence-corrected chi connectivity index (χ4v) is 3.25. The molecule has 2 amide bonds. The van der Waals surface area contributed by atoms with Gasteiger partial charge in [-0.2, -0.15) is 0 Å². The Kier molecular flexibility index (Phi) is 3.27. The Balaban J connectivity index is 1.99. The number of imide groups is 1. The fraction of sp³-hybridized carbons (Fsp3) is 0.429. The molecule has 3 nitrogen and oxygen atoms in total. The van der Waals surface area contributed by atoms with Crippen LogP contribution in [0.25, 0.3) is 0 Å². The monoisotopic (exact) mass is 297 g/mol. The number of hydrogen-bond donors (Lipinski definition) is 0. The van der Waals surface area contributed by atoms with Gasteiger partial charge in [-0.1, -0.05) is 42.5 Å². The predicted molar refractivity (Wildman–Crippen MR) is 73.8 cm³/mol. The quantitative estimate of drug-likeness (QED) is 0.737. The largest absolute Gasteiger partial charge is 0.271 e. The molecule has 0 atom stereocenters. The summed E-state index contributed by atoms with van der Waals surface area (Å²) in [5, 5.41) is 0.624. The van der Waals surface area contributed by atoms with Crippen LogP contribution < -0.4 is 0 Å². The highest BCUT2D eigenvalue weighted by Gasteiger charge is 2.40. The van der Waals surface area contributed by atoms with Crippen LogP contribution in [0.2, 0.25) is 10.0 Å². The summed E-state index contributed by atoms with van der Waals surface area (Å²) < 4.78 is 0. The third-order valence-electron chi connectivity index (χ3n) is 3.90. The Hall–Kier alpha value is -1.06. The highest BCUT2D eigenvalue weighted by molar-refractivity contribution is 6.43. The second kappa shape index (κ2) is 4.80. The number of halogens is 2. The number of benzene rings is 1. The van der Waals surface area contributed by atoms with Crippen molar-refractivity contribution in [3.63, 3.8) is 0 Å². The Morgan fingerprint density at radius 3 is 1.84 bits per heavy atom. The lowest BCUT2D eigenvalue weighted by Crippen LogP contribution is -2.40. The van der Waals surface area contributed by atoms with Gasteiger partial charge in [0.2, 0.25) is 0 Å². The van der Waals surface area contributed by atoms with Crippen LogP contribution in [0.3, 0.4) is 0 Å². The number of hydrogen-bond acceptors (Lipinski definition) is 2. The number of rotatable bonds is 1. The van der Waals surface area contributed by atoms with Crippen LogP contribution in [0.15, 0.2) is 12.1 Å². The van der Waals surface area contributed by atoms with Crippen LogP contribution in [0.1, 0.15) is 52.8 Å². The van der Waals surface area contributed by atoms with Gasteiger partial charge in [-0.05, 0) is 25.0 Å². The number of fused-ring (bicyclic) bond motifs is 1. The van der Waals surface area contributed by atoms with Crippen molar-refractivity contribution in [1.82, 2.24) is 4.90 Å². The Bertz CT molecular complexity index is 524. The van der Waals surface area contributed by atoms with Crippen LogP contribution in [0.4, 0.5) is 0 Å². The molecule has 2 aliphatic rings. The van der Waals surface area contributed by atoms with Gasteiger partial charge in [0.15, 0.2) is 0 Å². The molecule has 0 saturated heterocycles. The molecule has 5 heteroatoms. The molecule has 0 N–H and O–H groups in total. The molecule has 1 heterocycles. The van der Waals surface area contributed by atoms with E-state index >= 15 is 0 Å². The summed E-state index contributed by atoms with van der Waals surface area (Å²) in [5.74, 6) is -0.462. The summed E-state index contributed by atoms with van der Waals surface area (Å²) in [6, 6.07) is 3.03. The maximum atomic E-state index is 12.4. The van der Waals surface area contributed by atoms with E-state index in [1.807, 2.05) is 0 Å². The van der Waals surface area contributed by atoms with Gasteiger partial charge >= 0.3 is 0 Å². The van der Waals surface area contributed by atoms with Crippen LogP contribution >= 0.6 is 23.2 Å². The normalized spacial score (nSPS) is 20.0. The van der Waals surface area contributed by atoms with Crippen molar-refractivity contribution in [3.05, 3.63) is 33.3 Å². The van der Waals surface area contributed by atoms with E-state index in [4.69, 9.17) is 23.2 Å². The molecule has 1 aliphatic carbocycles. The molecule has 1 aromatic carbocycles. The average molecular weight is 298 g/mol. The van der Waals surface area contributed by atoms with E-state index in [9.17, 15) is 9.59 Å². The first kappa shape index (κ1) is 12.9. The Morgan fingerprint density at radius 1 is 0.895 bits per heavy atom. The second-order valence-electron chi connectivity index (χ2n) is 5.08. The minimum absolute atomic E-state index is 0.0266. The molecule has 0 spiro atoms. The van der Waals surface area contributed by atoms with Crippen molar-refractivity contribution in [2.75, 3.05) is 0 Å². The first-order valence-electron chi connectivity index (χ1n) is 6.46. The number of nitrogens with zero attached hydrogens (tertiary/aromatic N) is 1. The van der Waals surface area contributed by atoms with Gasteiger partial charge < -0.3 is 0 Å². The molecular formula is C14H13Cl2NO2. The van der Waals surface area contributed by atoms with Crippen LogP contribution in [0.5, 0.6) is 0 Å². The molecule has 3 rings (SSSR count). The summed E-state index contributed by atoms with van der Waals surface area (Å²) in [7, 11) is 0. The molecule has 100 valence electrons. The van der Waals surface area contributed by atoms with E-state index in [1.165, 1.54) is 23.5 Å². The molecule has 19 heavy (non-hydrogen) atoms. The number of carbonyl (C=O) groups excluding carboxylic acids is 2. The maximum Gasteiger partial charge on any atom is 0.261 e. The fourth-order valence-electron chi connectivity index (χ4n) is 2.92. The topological polar surface area (TPSA) is 37.4 Å². The van der Waals surface area contributed by atoms with Gasteiger partial charge in [0.1, 0.15) is 0 Å². The summed E-state index contributed by atoms with van der Waals surface area (Å²) in [5.41, 5.74) is 0.759. The van der Waals surface area contributed by atoms with Gasteiger partial charge in [-0.25, -0.2) is 0 Å². The highest BCUT2D eigenvalue weighted by Crippen LogP contribution is 2.34. The van der Waals surface area contributed by atoms with Gasteiger partial charge in [0.25, 0.3) is 11.8 Å². The zero-order chi connectivity index (χ0) is 13.6. The van der Waals surface area contributed by atoms with Crippen LogP contribution in [-0.4, -0.2) is 22.8 Å². The first-order chi connectivity index (χ1) is 9.09. The smallest absolute Gasteiger partial charge is 0.261 e. The van der Waals surface area contributed by atoms with E-state index in [0.29, 0.717) is 21.2 Å². The lowest BCUT2D eigenvalue weighted by molar-refractivity contribution is 0.0549. The van der Waals surface area contributed by atoms with E-state index in [2.05, 4.69) is 0 Å². The molecule has 0 unspecified atom stereocenters. The molecule has 0 aromatic heterocycles. The van der Waals surface area contributed by atoms with Crippen LogP contribution in [-0.2, 0) is 0 Å². The highest BCUT2D eigenvalue weighted by atomic mass is 35.5. The van der Waals surface area contributed by atoms with E-state index < -0.39 is 0 Å². The molecule has 1 aliphatic heterocycles. The number of carbonyl (C=O) groups is 2. The maximum absolute atomic E-state index is 12.4. The minimum atomic E-state index is -0.231. The van der Waals surface area contributed by atoms with E-state index in [1.54, 1.807) is 0 Å². The van der Waals surface area contributed by atoms with Gasteiger partial charge in [-0.3, -0.25) is 14.5 Å². The summed E-state index contributed by atoms with van der Waals surface area (Å²) >= 11 is 11.8. The molecule has 1 fully saturated rings. The van der Waals surface area contributed by atoms with Crippen molar-refractivity contribution in [3.8, 4) is 0 Å². The van der Waals surface area contributed by atoms with Gasteiger partial charge in [-0.15, -0.1) is 0 Å². The molecule has 1 saturated carbocycles. The summed E-state index contributed by atoms with van der Waals surface area (Å²) in [4.78, 5) is 26.1. The van der Waals surface area contributed by atoms with Crippen molar-refractivity contribution in [1.29, 1.82) is 0 Å². The zero-order valence-electron chi connectivity index (χ0n) is 10.3. The standard InChI is InChI=1S/C14H13Cl2NO2/c15-11-6-9-10(7-12(11)16)14(19)17(13(9)18)8-4-2-1-3-5-8/h6-8H,1-5H2. The van der Waals surface area contributed by atoms with Crippen molar-refractivity contribution >= 4 is 35.0 Å². The summed E-state index contributed by atoms with van der Waals surface area (Å²) in [6.45, 7) is 0. The van der Waals surface area contributed by atoms with E-state index in [0.717, 1.165) is 25.7 Å². The van der Waals surface area contributed by atoms with Gasteiger partial charge in [0, 0.05) is 6.04 Å². The zero-order valence-corrected chi connectivity index (χ0v) is 11.8. The third kappa shape index (κ3) is 2.05. The Labute approximate surface area is 121 Å². The lowest BCUT2D eigenvalue weighted by Gasteiger charge is -2.29. The second-order valence-corrected chi connectivity index (χ2v) is 5.90. The van der Waals surface area contributed by atoms with Crippen molar-refractivity contribution < 1.29 is 9.59 Å². The SMILES string of the molecule is O=C1c2cc(Cl)c(Cl)cc2C(=O)N1C1CCCCC1. The predicted octanol–water partition coefficient (Wildman–Crippen LogP) is 3.92.